The van der Waals surface area contributed by atoms with Gasteiger partial charge in [-0.2, -0.15) is 0 Å². The van der Waals surface area contributed by atoms with Gasteiger partial charge in [-0.1, -0.05) is 42.5 Å². The molecule has 0 bridgehead atoms. The Labute approximate surface area is 175 Å². The number of piperidine rings is 1. The summed E-state index contributed by atoms with van der Waals surface area (Å²) in [4.78, 5) is 16.1. The number of amides is 1. The summed E-state index contributed by atoms with van der Waals surface area (Å²) < 4.78 is 0. The fourth-order valence-corrected chi connectivity index (χ4v) is 4.19. The molecule has 0 aliphatic carbocycles. The summed E-state index contributed by atoms with van der Waals surface area (Å²) in [6.45, 7) is 1.55. The van der Waals surface area contributed by atoms with E-state index >= 15 is 0 Å². The minimum absolute atomic E-state index is 0.0609. The molecule has 4 rings (SSSR count). The van der Waals surface area contributed by atoms with Crippen molar-refractivity contribution in [1.29, 1.82) is 0 Å². The lowest BCUT2D eigenvalue weighted by atomic mass is 9.97. The molecule has 1 aromatic heterocycles. The highest BCUT2D eigenvalue weighted by atomic mass is 32.2. The topological polar surface area (TPSA) is 58.1 Å². The van der Waals surface area contributed by atoms with E-state index in [9.17, 15) is 4.79 Å². The van der Waals surface area contributed by atoms with Crippen LogP contribution in [-0.4, -0.2) is 35.4 Å². The Balaban J connectivity index is 1.43. The molecule has 29 heavy (non-hydrogen) atoms. The number of benzene rings is 2. The lowest BCUT2D eigenvalue weighted by molar-refractivity contribution is -0.120. The van der Waals surface area contributed by atoms with E-state index < -0.39 is 0 Å². The second-order valence-corrected chi connectivity index (χ2v) is 7.97. The number of rotatable bonds is 5. The van der Waals surface area contributed by atoms with Gasteiger partial charge in [0.2, 0.25) is 5.91 Å². The molecule has 1 unspecified atom stereocenters. The second kappa shape index (κ2) is 9.09. The number of nitrogens with one attached hydrogen (secondary N) is 1. The highest BCUT2D eigenvalue weighted by Gasteiger charge is 2.27. The van der Waals surface area contributed by atoms with Gasteiger partial charge in [0.05, 0.1) is 17.3 Å². The highest BCUT2D eigenvalue weighted by molar-refractivity contribution is 7.98. The van der Waals surface area contributed by atoms with Gasteiger partial charge in [-0.05, 0) is 43.4 Å². The fraction of sp³-hybridized carbons (Fsp3) is 0.261. The van der Waals surface area contributed by atoms with Gasteiger partial charge < -0.3 is 10.2 Å². The molecule has 5 nitrogen and oxygen atoms in total. The van der Waals surface area contributed by atoms with Crippen molar-refractivity contribution in [2.75, 3.05) is 29.6 Å². The summed E-state index contributed by atoms with van der Waals surface area (Å²) in [5, 5.41) is 11.9. The van der Waals surface area contributed by atoms with Crippen LogP contribution in [0, 0.1) is 5.92 Å². The molecule has 1 aliphatic heterocycles. The van der Waals surface area contributed by atoms with E-state index in [2.05, 4.69) is 20.4 Å². The van der Waals surface area contributed by atoms with Gasteiger partial charge in [0.1, 0.15) is 0 Å². The van der Waals surface area contributed by atoms with Gasteiger partial charge in [-0.15, -0.1) is 22.0 Å². The predicted molar refractivity (Wildman–Crippen MR) is 119 cm³/mol. The third-order valence-electron chi connectivity index (χ3n) is 5.20. The normalized spacial score (nSPS) is 16.4. The van der Waals surface area contributed by atoms with E-state index in [1.807, 2.05) is 73.0 Å². The maximum absolute atomic E-state index is 12.9. The smallest absolute Gasteiger partial charge is 0.229 e. The quantitative estimate of drug-likeness (QED) is 0.624. The Morgan fingerprint density at radius 3 is 2.59 bits per heavy atom. The van der Waals surface area contributed by atoms with Gasteiger partial charge in [0, 0.05) is 23.5 Å². The molecular formula is C23H24N4OS. The van der Waals surface area contributed by atoms with Gasteiger partial charge in [0.15, 0.2) is 5.82 Å². The highest BCUT2D eigenvalue weighted by Crippen LogP contribution is 2.27. The molecule has 1 N–H and O–H groups in total. The average molecular weight is 405 g/mol. The van der Waals surface area contributed by atoms with Gasteiger partial charge in [-0.3, -0.25) is 4.79 Å². The van der Waals surface area contributed by atoms with Crippen LogP contribution in [0.3, 0.4) is 0 Å². The van der Waals surface area contributed by atoms with E-state index in [1.165, 1.54) is 0 Å². The van der Waals surface area contributed by atoms with Crippen molar-refractivity contribution < 1.29 is 4.79 Å². The summed E-state index contributed by atoms with van der Waals surface area (Å²) in [6, 6.07) is 21.9. The Kier molecular flexibility index (Phi) is 6.10. The Hall–Kier alpha value is -2.86. The first-order valence-electron chi connectivity index (χ1n) is 9.82. The van der Waals surface area contributed by atoms with Crippen molar-refractivity contribution in [1.82, 2.24) is 10.2 Å². The van der Waals surface area contributed by atoms with Crippen molar-refractivity contribution in [3.05, 3.63) is 66.7 Å². The van der Waals surface area contributed by atoms with Crippen LogP contribution in [0.1, 0.15) is 12.8 Å². The lowest BCUT2D eigenvalue weighted by Crippen LogP contribution is -2.41. The monoisotopic (exact) mass is 404 g/mol. The number of carbonyl (C=O) groups is 1. The van der Waals surface area contributed by atoms with Crippen LogP contribution in [0.5, 0.6) is 0 Å². The first-order chi connectivity index (χ1) is 14.2. The summed E-state index contributed by atoms with van der Waals surface area (Å²) in [5.41, 5.74) is 2.79. The molecule has 0 spiro atoms. The standard InChI is InChI=1S/C23H24N4OS/c1-29-21-12-6-5-11-20(21)24-23(28)18-10-7-15-27(16-18)22-14-13-19(25-26-22)17-8-3-2-4-9-17/h2-6,8-9,11-14,18H,7,10,15-16H2,1H3,(H,24,28). The summed E-state index contributed by atoms with van der Waals surface area (Å²) in [7, 11) is 0. The molecule has 2 heterocycles. The molecule has 1 saturated heterocycles. The minimum atomic E-state index is -0.0609. The average Bonchev–Trinajstić information content (AvgIpc) is 2.80. The van der Waals surface area contributed by atoms with Crippen LogP contribution >= 0.6 is 11.8 Å². The lowest BCUT2D eigenvalue weighted by Gasteiger charge is -2.32. The third-order valence-corrected chi connectivity index (χ3v) is 6.00. The Morgan fingerprint density at radius 2 is 1.83 bits per heavy atom. The zero-order chi connectivity index (χ0) is 20.1. The van der Waals surface area contributed by atoms with Crippen LogP contribution in [0.15, 0.2) is 71.6 Å². The molecular weight excluding hydrogens is 380 g/mol. The molecule has 1 atom stereocenters. The zero-order valence-electron chi connectivity index (χ0n) is 16.4. The number of nitrogens with zero attached hydrogens (tertiary/aromatic N) is 3. The number of anilines is 2. The van der Waals surface area contributed by atoms with Crippen LogP contribution in [0.25, 0.3) is 11.3 Å². The second-order valence-electron chi connectivity index (χ2n) is 7.12. The SMILES string of the molecule is CSc1ccccc1NC(=O)C1CCCN(c2ccc(-c3ccccc3)nn2)C1. The maximum Gasteiger partial charge on any atom is 0.229 e. The molecule has 0 radical (unpaired) electrons. The molecule has 1 fully saturated rings. The number of aromatic nitrogens is 2. The number of hydrogen-bond acceptors (Lipinski definition) is 5. The van der Waals surface area contributed by atoms with Crippen molar-refractivity contribution in [2.24, 2.45) is 5.92 Å². The molecule has 148 valence electrons. The van der Waals surface area contributed by atoms with Gasteiger partial charge >= 0.3 is 0 Å². The maximum atomic E-state index is 12.9. The number of para-hydroxylation sites is 1. The molecule has 1 amide bonds. The molecule has 2 aromatic carbocycles. The Bertz CT molecular complexity index is 962. The largest absolute Gasteiger partial charge is 0.354 e. The van der Waals surface area contributed by atoms with Crippen LogP contribution in [-0.2, 0) is 4.79 Å². The van der Waals surface area contributed by atoms with Crippen molar-refractivity contribution in [2.45, 2.75) is 17.7 Å². The molecule has 0 saturated carbocycles. The first-order valence-corrected chi connectivity index (χ1v) is 11.0. The van der Waals surface area contributed by atoms with Gasteiger partial charge in [-0.25, -0.2) is 0 Å². The zero-order valence-corrected chi connectivity index (χ0v) is 17.2. The van der Waals surface area contributed by atoms with E-state index in [0.717, 1.165) is 47.0 Å². The molecule has 6 heteroatoms. The summed E-state index contributed by atoms with van der Waals surface area (Å²) in [5.74, 6) is 0.839. The first kappa shape index (κ1) is 19.5. The fourth-order valence-electron chi connectivity index (χ4n) is 3.64. The molecule has 1 aliphatic rings. The van der Waals surface area contributed by atoms with Crippen molar-refractivity contribution >= 4 is 29.2 Å². The van der Waals surface area contributed by atoms with E-state index in [1.54, 1.807) is 11.8 Å². The Morgan fingerprint density at radius 1 is 1.03 bits per heavy atom. The summed E-state index contributed by atoms with van der Waals surface area (Å²) >= 11 is 1.64. The third kappa shape index (κ3) is 4.59. The number of thioether (sulfide) groups is 1. The van der Waals surface area contributed by atoms with Crippen LogP contribution in [0.2, 0.25) is 0 Å². The number of carbonyl (C=O) groups excluding carboxylic acids is 1. The predicted octanol–water partition coefficient (Wildman–Crippen LogP) is 4.72. The van der Waals surface area contributed by atoms with E-state index in [0.29, 0.717) is 6.54 Å². The van der Waals surface area contributed by atoms with Crippen molar-refractivity contribution in [3.8, 4) is 11.3 Å². The van der Waals surface area contributed by atoms with E-state index in [4.69, 9.17) is 0 Å². The van der Waals surface area contributed by atoms with Crippen molar-refractivity contribution in [3.63, 3.8) is 0 Å². The van der Waals surface area contributed by atoms with Crippen LogP contribution < -0.4 is 10.2 Å². The minimum Gasteiger partial charge on any atom is -0.354 e. The summed E-state index contributed by atoms with van der Waals surface area (Å²) in [6.07, 6.45) is 3.87. The van der Waals surface area contributed by atoms with E-state index in [-0.39, 0.29) is 11.8 Å². The van der Waals surface area contributed by atoms with Crippen LogP contribution in [0.4, 0.5) is 11.5 Å². The number of hydrogen-bond donors (Lipinski definition) is 1. The van der Waals surface area contributed by atoms with Gasteiger partial charge in [0.25, 0.3) is 0 Å². The molecule has 3 aromatic rings.